The second-order valence-corrected chi connectivity index (χ2v) is 11.8. The van der Waals surface area contributed by atoms with Crippen LogP contribution in [0.2, 0.25) is 4.34 Å². The monoisotopic (exact) mass is 601 g/mol. The Kier molecular flexibility index (Phi) is 8.80. The number of carboxylic acid groups (broad SMARTS) is 1. The smallest absolute Gasteiger partial charge is 0.352 e. The summed E-state index contributed by atoms with van der Waals surface area (Å²) in [6, 6.07) is -1.01. The Hall–Kier alpha value is -2.99. The van der Waals surface area contributed by atoms with Crippen LogP contribution < -0.4 is 10.6 Å². The van der Waals surface area contributed by atoms with Crippen molar-refractivity contribution in [3.63, 3.8) is 0 Å². The van der Waals surface area contributed by atoms with E-state index in [9.17, 15) is 24.3 Å². The standard InChI is InChI=1S/C19H16ClN7O6S4/c1-2-3-33-26-10(9-13(20)37-18(24-9)21-6-28)14(29)23-11-15(30)27-12(17(31)32)8(4-34-16(11)27)5-35-19-25-22-7-36-19/h2,6-7,11,16H,1,3-5H2,(H,23,29)(H,31,32)(H,21,24,28)/t11?,16-/m0/s1. The molecule has 0 radical (unpaired) electrons. The van der Waals surface area contributed by atoms with Gasteiger partial charge in [-0.25, -0.2) is 9.78 Å². The Balaban J connectivity index is 1.52. The summed E-state index contributed by atoms with van der Waals surface area (Å²) in [4.78, 5) is 59.2. The molecule has 1 saturated heterocycles. The zero-order valence-electron chi connectivity index (χ0n) is 18.5. The predicted octanol–water partition coefficient (Wildman–Crippen LogP) is 1.65. The molecule has 2 atom stereocenters. The highest BCUT2D eigenvalue weighted by Gasteiger charge is 2.54. The first-order valence-electron chi connectivity index (χ1n) is 10.1. The van der Waals surface area contributed by atoms with Gasteiger partial charge in [-0.15, -0.1) is 22.0 Å². The molecule has 4 rings (SSSR count). The fourth-order valence-electron chi connectivity index (χ4n) is 3.29. The molecule has 194 valence electrons. The molecule has 0 saturated carbocycles. The van der Waals surface area contributed by atoms with Gasteiger partial charge in [-0.05, 0) is 5.57 Å². The number of aliphatic carboxylic acids is 1. The molecule has 13 nitrogen and oxygen atoms in total. The molecule has 2 aromatic rings. The number of thiazole rings is 1. The lowest BCUT2D eigenvalue weighted by atomic mass is 10.0. The lowest BCUT2D eigenvalue weighted by Gasteiger charge is -2.49. The molecule has 0 aromatic carbocycles. The summed E-state index contributed by atoms with van der Waals surface area (Å²) in [6.07, 6.45) is 1.81. The number of oxime groups is 1. The van der Waals surface area contributed by atoms with E-state index in [2.05, 4.69) is 37.5 Å². The van der Waals surface area contributed by atoms with Crippen molar-refractivity contribution in [2.24, 2.45) is 5.16 Å². The third-order valence-electron chi connectivity index (χ3n) is 4.80. The minimum Gasteiger partial charge on any atom is -0.477 e. The van der Waals surface area contributed by atoms with E-state index in [0.29, 0.717) is 27.8 Å². The Bertz CT molecular complexity index is 1300. The van der Waals surface area contributed by atoms with Crippen LogP contribution in [0.4, 0.5) is 5.13 Å². The van der Waals surface area contributed by atoms with E-state index >= 15 is 0 Å². The lowest BCUT2D eigenvalue weighted by molar-refractivity contribution is -0.150. The van der Waals surface area contributed by atoms with Crippen molar-refractivity contribution >= 4 is 92.8 Å². The minimum atomic E-state index is -1.24. The number of anilines is 1. The van der Waals surface area contributed by atoms with Crippen LogP contribution in [0.25, 0.3) is 0 Å². The number of thioether (sulfide) groups is 2. The Morgan fingerprint density at radius 1 is 1.46 bits per heavy atom. The van der Waals surface area contributed by atoms with Gasteiger partial charge in [0, 0.05) is 11.5 Å². The van der Waals surface area contributed by atoms with Crippen LogP contribution in [0.3, 0.4) is 0 Å². The largest absolute Gasteiger partial charge is 0.477 e. The van der Waals surface area contributed by atoms with Gasteiger partial charge in [-0.2, -0.15) is 0 Å². The van der Waals surface area contributed by atoms with E-state index in [1.165, 1.54) is 45.8 Å². The minimum absolute atomic E-state index is 0.0167. The number of amides is 3. The van der Waals surface area contributed by atoms with Crippen LogP contribution in [0.5, 0.6) is 0 Å². The average molecular weight is 602 g/mol. The zero-order valence-corrected chi connectivity index (χ0v) is 22.5. The van der Waals surface area contributed by atoms with Gasteiger partial charge in [0.05, 0.1) is 0 Å². The molecule has 2 aromatic heterocycles. The van der Waals surface area contributed by atoms with Gasteiger partial charge in [0.25, 0.3) is 11.8 Å². The lowest BCUT2D eigenvalue weighted by Crippen LogP contribution is -2.71. The van der Waals surface area contributed by atoms with Crippen molar-refractivity contribution in [3.05, 3.63) is 39.5 Å². The maximum atomic E-state index is 13.1. The van der Waals surface area contributed by atoms with Gasteiger partial charge in [0.1, 0.15) is 39.3 Å². The maximum Gasteiger partial charge on any atom is 0.352 e. The quantitative estimate of drug-likeness (QED) is 0.0613. The van der Waals surface area contributed by atoms with Crippen molar-refractivity contribution in [2.45, 2.75) is 15.8 Å². The molecule has 2 aliphatic heterocycles. The van der Waals surface area contributed by atoms with Gasteiger partial charge in [0.15, 0.2) is 15.2 Å². The molecule has 0 bridgehead atoms. The summed E-state index contributed by atoms with van der Waals surface area (Å²) in [5.74, 6) is -1.96. The molecule has 18 heteroatoms. The molecular formula is C19H16ClN7O6S4. The van der Waals surface area contributed by atoms with Crippen LogP contribution in [0.15, 0.2) is 38.9 Å². The van der Waals surface area contributed by atoms with Crippen molar-refractivity contribution in [1.82, 2.24) is 25.4 Å². The Morgan fingerprint density at radius 3 is 2.95 bits per heavy atom. The van der Waals surface area contributed by atoms with E-state index < -0.39 is 29.2 Å². The van der Waals surface area contributed by atoms with E-state index in [0.717, 1.165) is 11.3 Å². The van der Waals surface area contributed by atoms with Gasteiger partial charge >= 0.3 is 5.97 Å². The highest BCUT2D eigenvalue weighted by atomic mass is 35.5. The predicted molar refractivity (Wildman–Crippen MR) is 140 cm³/mol. The second-order valence-electron chi connectivity index (χ2n) is 7.04. The Labute approximate surface area is 230 Å². The summed E-state index contributed by atoms with van der Waals surface area (Å²) < 4.78 is 0.741. The highest BCUT2D eigenvalue weighted by molar-refractivity contribution is 8.01. The summed E-state index contributed by atoms with van der Waals surface area (Å²) in [5.41, 5.74) is 1.66. The van der Waals surface area contributed by atoms with Gasteiger partial charge in [-0.1, -0.05) is 63.8 Å². The fourth-order valence-corrected chi connectivity index (χ4v) is 7.26. The van der Waals surface area contributed by atoms with Crippen LogP contribution in [0.1, 0.15) is 5.69 Å². The van der Waals surface area contributed by atoms with Crippen molar-refractivity contribution in [1.29, 1.82) is 0 Å². The van der Waals surface area contributed by atoms with Gasteiger partial charge < -0.3 is 20.6 Å². The summed E-state index contributed by atoms with van der Waals surface area (Å²) in [5, 5.41) is 25.7. The fraction of sp³-hybridized carbons (Fsp3) is 0.263. The zero-order chi connectivity index (χ0) is 26.5. The molecule has 1 unspecified atom stereocenters. The molecule has 2 aliphatic rings. The number of rotatable bonds is 12. The number of carbonyl (C=O) groups excluding carboxylic acids is 3. The van der Waals surface area contributed by atoms with Crippen molar-refractivity contribution in [3.8, 4) is 0 Å². The molecule has 4 heterocycles. The Morgan fingerprint density at radius 2 is 2.27 bits per heavy atom. The van der Waals surface area contributed by atoms with Crippen molar-refractivity contribution in [2.75, 3.05) is 23.4 Å². The summed E-state index contributed by atoms with van der Waals surface area (Å²) in [7, 11) is 0. The molecule has 37 heavy (non-hydrogen) atoms. The highest BCUT2D eigenvalue weighted by Crippen LogP contribution is 2.41. The van der Waals surface area contributed by atoms with E-state index in [1.54, 1.807) is 5.51 Å². The van der Waals surface area contributed by atoms with Gasteiger partial charge in [0.2, 0.25) is 6.41 Å². The third kappa shape index (κ3) is 5.80. The molecule has 3 N–H and O–H groups in total. The number of carboxylic acids is 1. The molecule has 0 spiro atoms. The number of hydrogen-bond donors (Lipinski definition) is 3. The topological polar surface area (TPSA) is 176 Å². The molecule has 0 aliphatic carbocycles. The van der Waals surface area contributed by atoms with E-state index in [1.807, 2.05) is 0 Å². The number of nitrogens with one attached hydrogen (secondary N) is 2. The number of nitrogens with zero attached hydrogens (tertiary/aromatic N) is 5. The normalized spacial score (nSPS) is 19.1. The van der Waals surface area contributed by atoms with Gasteiger partial charge in [-0.3, -0.25) is 19.3 Å². The average Bonchev–Trinajstić information content (AvgIpc) is 3.52. The number of aromatic nitrogens is 3. The van der Waals surface area contributed by atoms with Crippen LogP contribution in [0, 0.1) is 0 Å². The SMILES string of the molecule is C=CCON=C(C(=O)NC1C(=O)N2C(C(=O)O)=C(CSc3nncs3)CS[C@@H]12)c1nc(NC=O)sc1Cl. The van der Waals surface area contributed by atoms with Crippen LogP contribution in [-0.4, -0.2) is 84.6 Å². The van der Waals surface area contributed by atoms with Crippen LogP contribution in [-0.2, 0) is 24.0 Å². The second kappa shape index (κ2) is 12.0. The first kappa shape index (κ1) is 27.1. The molecule has 1 fully saturated rings. The number of halogens is 1. The van der Waals surface area contributed by atoms with Crippen LogP contribution >= 0.6 is 57.8 Å². The number of hydrogen-bond acceptors (Lipinski definition) is 13. The third-order valence-corrected chi connectivity index (χ3v) is 9.27. The van der Waals surface area contributed by atoms with E-state index in [4.69, 9.17) is 16.4 Å². The molecule has 3 amide bonds. The first-order valence-corrected chi connectivity index (χ1v) is 14.2. The number of β-lactam (4-membered cyclic amide) rings is 1. The first-order chi connectivity index (χ1) is 17.8. The summed E-state index contributed by atoms with van der Waals surface area (Å²) in [6.45, 7) is 3.49. The molecular weight excluding hydrogens is 586 g/mol. The number of carbonyl (C=O) groups is 4. The maximum absolute atomic E-state index is 13.1. The van der Waals surface area contributed by atoms with E-state index in [-0.39, 0.29) is 33.2 Å². The number of fused-ring (bicyclic) bond motifs is 1. The van der Waals surface area contributed by atoms with Crippen molar-refractivity contribution < 1.29 is 29.1 Å². The summed E-state index contributed by atoms with van der Waals surface area (Å²) >= 11 is 11.1.